The fourth-order valence-corrected chi connectivity index (χ4v) is 8.66. The summed E-state index contributed by atoms with van der Waals surface area (Å²) >= 11 is 15.4. The van der Waals surface area contributed by atoms with Crippen LogP contribution in [0.1, 0.15) is 27.8 Å². The summed E-state index contributed by atoms with van der Waals surface area (Å²) in [6.45, 7) is 9.97. The van der Waals surface area contributed by atoms with Gasteiger partial charge in [0, 0.05) is 33.7 Å². The molecule has 4 aromatic heterocycles. The maximum Gasteiger partial charge on any atom is 0.160 e. The molecule has 21 heteroatoms. The SMILES string of the molecule is Cc1cc2c(Nc3cccc(Br)c3F)ncnc2cc1O.Cc1cc2ncnc(Cl)c2cc1C.Cc1cc2ncnc(Nc3cccc(Br)c3F)c2cc1C.Oc1cc2ncnc(Nc3cccc(Br)c3F)c2cc1O. The Bertz CT molecular complexity index is 3660. The molecule has 0 unspecified atom stereocenters. The van der Waals surface area contributed by atoms with Crippen molar-refractivity contribution >= 4 is 138 Å². The number of hydrogen-bond acceptors (Lipinski definition) is 14. The minimum atomic E-state index is -0.452. The van der Waals surface area contributed by atoms with E-state index in [2.05, 4.69) is 117 Å². The third-order valence-corrected chi connectivity index (χ3v) is 13.9. The summed E-state index contributed by atoms with van der Waals surface area (Å²) in [5.74, 6) is -0.177. The van der Waals surface area contributed by atoms with Crippen molar-refractivity contribution < 1.29 is 28.5 Å². The fraction of sp³-hybridized carbons (Fsp3) is 0.0909. The number of nitrogens with zero attached hydrogens (tertiary/aromatic N) is 8. The first-order chi connectivity index (χ1) is 36.4. The van der Waals surface area contributed by atoms with Crippen LogP contribution in [-0.2, 0) is 0 Å². The van der Waals surface area contributed by atoms with E-state index in [1.807, 2.05) is 38.1 Å². The summed E-state index contributed by atoms with van der Waals surface area (Å²) in [6.07, 6.45) is 5.63. The number of phenolic OH excluding ortho intramolecular Hbond substituents is 3. The first kappa shape index (κ1) is 54.5. The monoisotopic (exact) mass is 1230 g/mol. The minimum Gasteiger partial charge on any atom is -0.508 e. The Labute approximate surface area is 463 Å². The number of aromatic hydroxyl groups is 3. The molecule has 11 rings (SSSR count). The van der Waals surface area contributed by atoms with Gasteiger partial charge < -0.3 is 31.3 Å². The molecule has 0 aliphatic carbocycles. The number of benzene rings is 7. The number of halogens is 7. The second-order valence-corrected chi connectivity index (χ2v) is 19.9. The van der Waals surface area contributed by atoms with E-state index in [0.29, 0.717) is 74.8 Å². The third kappa shape index (κ3) is 12.5. The predicted octanol–water partition coefficient (Wildman–Crippen LogP) is 15.8. The quantitative estimate of drug-likeness (QED) is 0.0678. The highest BCUT2D eigenvalue weighted by Gasteiger charge is 2.15. The van der Waals surface area contributed by atoms with Gasteiger partial charge >= 0.3 is 0 Å². The molecule has 0 aliphatic heterocycles. The van der Waals surface area contributed by atoms with Gasteiger partial charge in [0.25, 0.3) is 0 Å². The first-order valence-corrected chi connectivity index (χ1v) is 25.5. The van der Waals surface area contributed by atoms with Gasteiger partial charge in [0.2, 0.25) is 0 Å². The van der Waals surface area contributed by atoms with Crippen molar-refractivity contribution in [2.24, 2.45) is 0 Å². The molecule has 0 radical (unpaired) electrons. The molecule has 14 nitrogen and oxygen atoms in total. The lowest BCUT2D eigenvalue weighted by Gasteiger charge is -2.11. The lowest BCUT2D eigenvalue weighted by Crippen LogP contribution is -1.99. The van der Waals surface area contributed by atoms with Crippen LogP contribution in [0.5, 0.6) is 17.2 Å². The van der Waals surface area contributed by atoms with E-state index >= 15 is 0 Å². The Kier molecular flexibility index (Phi) is 17.1. The summed E-state index contributed by atoms with van der Waals surface area (Å²) in [5.41, 5.74) is 9.14. The van der Waals surface area contributed by atoms with Gasteiger partial charge in [-0.05, 0) is 183 Å². The molecule has 384 valence electrons. The van der Waals surface area contributed by atoms with Crippen LogP contribution < -0.4 is 16.0 Å². The highest BCUT2D eigenvalue weighted by molar-refractivity contribution is 9.11. The Balaban J connectivity index is 0.000000136. The Morgan fingerprint density at radius 1 is 0.382 bits per heavy atom. The van der Waals surface area contributed by atoms with Crippen LogP contribution in [0.4, 0.5) is 47.7 Å². The normalized spacial score (nSPS) is 10.8. The van der Waals surface area contributed by atoms with Gasteiger partial charge in [-0.1, -0.05) is 29.8 Å². The summed E-state index contributed by atoms with van der Waals surface area (Å²) in [7, 11) is 0. The van der Waals surface area contributed by atoms with Gasteiger partial charge in [0.1, 0.15) is 53.7 Å². The Morgan fingerprint density at radius 3 is 1.13 bits per heavy atom. The molecule has 7 aromatic carbocycles. The van der Waals surface area contributed by atoms with Crippen LogP contribution in [0.3, 0.4) is 0 Å². The maximum absolute atomic E-state index is 14.1. The van der Waals surface area contributed by atoms with E-state index in [1.165, 1.54) is 54.1 Å². The van der Waals surface area contributed by atoms with E-state index in [-0.39, 0.29) is 34.6 Å². The average molecular weight is 1240 g/mol. The van der Waals surface area contributed by atoms with E-state index in [4.69, 9.17) is 11.6 Å². The highest BCUT2D eigenvalue weighted by atomic mass is 79.9. The van der Waals surface area contributed by atoms with Crippen molar-refractivity contribution in [3.05, 3.63) is 192 Å². The molecule has 76 heavy (non-hydrogen) atoms. The number of fused-ring (bicyclic) bond motifs is 4. The van der Waals surface area contributed by atoms with Gasteiger partial charge in [0.05, 0.1) is 52.5 Å². The highest BCUT2D eigenvalue weighted by Crippen LogP contribution is 2.35. The third-order valence-electron chi connectivity index (χ3n) is 11.8. The first-order valence-electron chi connectivity index (χ1n) is 22.7. The summed E-state index contributed by atoms with van der Waals surface area (Å²) in [5, 5.41) is 41.2. The molecule has 6 N–H and O–H groups in total. The van der Waals surface area contributed by atoms with E-state index < -0.39 is 5.82 Å². The van der Waals surface area contributed by atoms with Gasteiger partial charge in [-0.3, -0.25) is 0 Å². The average Bonchev–Trinajstić information content (AvgIpc) is 3.39. The van der Waals surface area contributed by atoms with Gasteiger partial charge in [-0.25, -0.2) is 53.0 Å². The molecule has 0 aliphatic rings. The van der Waals surface area contributed by atoms with Crippen molar-refractivity contribution in [2.45, 2.75) is 34.6 Å². The van der Waals surface area contributed by atoms with Crippen molar-refractivity contribution in [3.8, 4) is 17.2 Å². The summed E-state index contributed by atoms with van der Waals surface area (Å²) < 4.78 is 43.2. The Morgan fingerprint density at radius 2 is 0.697 bits per heavy atom. The molecule has 0 saturated carbocycles. The zero-order valence-electron chi connectivity index (χ0n) is 40.7. The van der Waals surface area contributed by atoms with E-state index in [1.54, 1.807) is 73.7 Å². The largest absolute Gasteiger partial charge is 0.508 e. The summed E-state index contributed by atoms with van der Waals surface area (Å²) in [4.78, 5) is 32.9. The van der Waals surface area contributed by atoms with Crippen molar-refractivity contribution in [1.29, 1.82) is 0 Å². The molecule has 11 aromatic rings. The fourth-order valence-electron chi connectivity index (χ4n) is 7.36. The summed E-state index contributed by atoms with van der Waals surface area (Å²) in [6, 6.07) is 29.0. The van der Waals surface area contributed by atoms with Crippen molar-refractivity contribution in [2.75, 3.05) is 16.0 Å². The minimum absolute atomic E-state index is 0.167. The molecule has 0 atom stereocenters. The number of anilines is 6. The number of hydrogen-bond donors (Lipinski definition) is 6. The second-order valence-electron chi connectivity index (χ2n) is 16.9. The molecular weight excluding hydrogens is 1190 g/mol. The Hall–Kier alpha value is -7.78. The molecule has 4 heterocycles. The van der Waals surface area contributed by atoms with Crippen LogP contribution in [0.15, 0.2) is 142 Å². The number of aromatic nitrogens is 8. The maximum atomic E-state index is 14.1. The molecule has 0 amide bonds. The molecular formula is C55H42Br3ClF3N11O3. The van der Waals surface area contributed by atoms with Crippen molar-refractivity contribution in [3.63, 3.8) is 0 Å². The van der Waals surface area contributed by atoms with Crippen LogP contribution in [0, 0.1) is 52.1 Å². The molecule has 0 fully saturated rings. The topological polar surface area (TPSA) is 200 Å². The van der Waals surface area contributed by atoms with Crippen LogP contribution in [-0.4, -0.2) is 55.2 Å². The molecule has 0 spiro atoms. The second kappa shape index (κ2) is 23.8. The van der Waals surface area contributed by atoms with Crippen LogP contribution in [0.2, 0.25) is 5.15 Å². The zero-order chi connectivity index (χ0) is 54.4. The molecule has 0 bridgehead atoms. The lowest BCUT2D eigenvalue weighted by atomic mass is 10.1. The van der Waals surface area contributed by atoms with Gasteiger partial charge in [-0.2, -0.15) is 0 Å². The predicted molar refractivity (Wildman–Crippen MR) is 304 cm³/mol. The number of phenols is 3. The van der Waals surface area contributed by atoms with E-state index in [0.717, 1.165) is 27.4 Å². The standard InChI is InChI=1S/C16H13BrFN3.C15H11BrFN3O.C14H9BrFN3O2.C10H9ClN2/c1-9-6-11-14(7-10(9)2)19-8-20-16(11)21-13-5-3-4-12(17)15(13)18;1-8-5-9-12(6-13(8)21)18-7-19-15(9)20-11-4-2-3-10(16)14(11)17;15-8-2-1-3-9(13(8)16)19-14-7-4-11(20)12(21)5-10(7)17-6-18-14;1-6-3-8-9(4-7(6)2)12-5-13-10(8)11/h3-8H,1-2H3,(H,19,20,21);2-7,21H,1H3,(H,18,19,20);1-6,20-21H,(H,17,18,19);3-5H,1-2H3. The van der Waals surface area contributed by atoms with Gasteiger partial charge in [-0.15, -0.1) is 0 Å². The number of aryl methyl sites for hydroxylation is 5. The van der Waals surface area contributed by atoms with Crippen LogP contribution in [0.25, 0.3) is 43.6 Å². The smallest absolute Gasteiger partial charge is 0.160 e. The number of nitrogens with one attached hydrogen (secondary N) is 3. The zero-order valence-corrected chi connectivity index (χ0v) is 46.2. The number of rotatable bonds is 6. The van der Waals surface area contributed by atoms with Crippen LogP contribution >= 0.6 is 59.4 Å². The van der Waals surface area contributed by atoms with Crippen molar-refractivity contribution in [1.82, 2.24) is 39.9 Å². The van der Waals surface area contributed by atoms with E-state index in [9.17, 15) is 28.5 Å². The molecule has 0 saturated heterocycles. The lowest BCUT2D eigenvalue weighted by molar-refractivity contribution is 0.405. The van der Waals surface area contributed by atoms with Gasteiger partial charge in [0.15, 0.2) is 29.0 Å².